The average Bonchev–Trinajstić information content (AvgIpc) is 2.66. The molecule has 0 saturated carbocycles. The van der Waals surface area contributed by atoms with Gasteiger partial charge in [-0.2, -0.15) is 0 Å². The fraction of sp³-hybridized carbons (Fsp3) is 0.526. The standard InChI is InChI=1S/C19H24N4O5/c1-12-10-22(11-13(2)27-12)18(25)14(3)28-17(24)8-9-23-19(26)15-6-4-5-7-16(15)20-21-23/h4-7,12-14H,8-11H2,1-3H3. The van der Waals surface area contributed by atoms with E-state index in [0.29, 0.717) is 24.0 Å². The highest BCUT2D eigenvalue weighted by molar-refractivity contribution is 5.83. The van der Waals surface area contributed by atoms with Crippen molar-refractivity contribution in [1.29, 1.82) is 0 Å². The molecule has 1 saturated heterocycles. The molecular weight excluding hydrogens is 364 g/mol. The zero-order valence-electron chi connectivity index (χ0n) is 16.2. The van der Waals surface area contributed by atoms with Crippen molar-refractivity contribution in [3.8, 4) is 0 Å². The molecule has 3 unspecified atom stereocenters. The summed E-state index contributed by atoms with van der Waals surface area (Å²) < 4.78 is 12.0. The second-order valence-electron chi connectivity index (χ2n) is 7.02. The van der Waals surface area contributed by atoms with Crippen molar-refractivity contribution in [3.05, 3.63) is 34.6 Å². The summed E-state index contributed by atoms with van der Waals surface area (Å²) in [6.45, 7) is 6.30. The van der Waals surface area contributed by atoms with Crippen molar-refractivity contribution >= 4 is 22.8 Å². The molecule has 28 heavy (non-hydrogen) atoms. The van der Waals surface area contributed by atoms with Gasteiger partial charge in [-0.25, -0.2) is 4.68 Å². The van der Waals surface area contributed by atoms with Crippen LogP contribution in [0, 0.1) is 0 Å². The summed E-state index contributed by atoms with van der Waals surface area (Å²) >= 11 is 0. The summed E-state index contributed by atoms with van der Waals surface area (Å²) in [5, 5.41) is 8.25. The van der Waals surface area contributed by atoms with Gasteiger partial charge in [0.15, 0.2) is 6.10 Å². The number of rotatable bonds is 5. The molecule has 0 N–H and O–H groups in total. The lowest BCUT2D eigenvalue weighted by Crippen LogP contribution is -2.51. The molecule has 1 aliphatic rings. The molecule has 1 aliphatic heterocycles. The van der Waals surface area contributed by atoms with Crippen molar-refractivity contribution in [1.82, 2.24) is 19.9 Å². The highest BCUT2D eigenvalue weighted by Gasteiger charge is 2.30. The Morgan fingerprint density at radius 3 is 2.64 bits per heavy atom. The average molecular weight is 388 g/mol. The van der Waals surface area contributed by atoms with Crippen LogP contribution < -0.4 is 5.56 Å². The number of hydrogen-bond donors (Lipinski definition) is 0. The van der Waals surface area contributed by atoms with Crippen molar-refractivity contribution in [2.75, 3.05) is 13.1 Å². The third-order valence-electron chi connectivity index (χ3n) is 4.54. The van der Waals surface area contributed by atoms with Gasteiger partial charge in [0.2, 0.25) is 0 Å². The van der Waals surface area contributed by atoms with Gasteiger partial charge in [0.05, 0.1) is 30.6 Å². The Morgan fingerprint density at radius 2 is 1.93 bits per heavy atom. The van der Waals surface area contributed by atoms with Crippen molar-refractivity contribution in [3.63, 3.8) is 0 Å². The Hall–Kier alpha value is -2.81. The number of morpholine rings is 1. The first kappa shape index (κ1) is 19.9. The number of esters is 1. The second-order valence-corrected chi connectivity index (χ2v) is 7.02. The number of fused-ring (bicyclic) bond motifs is 1. The van der Waals surface area contributed by atoms with Crippen LogP contribution in [-0.2, 0) is 25.6 Å². The van der Waals surface area contributed by atoms with E-state index >= 15 is 0 Å². The predicted molar refractivity (Wildman–Crippen MR) is 101 cm³/mol. The maximum atomic E-state index is 12.5. The maximum Gasteiger partial charge on any atom is 0.308 e. The van der Waals surface area contributed by atoms with Gasteiger partial charge in [0.1, 0.15) is 5.52 Å². The van der Waals surface area contributed by atoms with Gasteiger partial charge in [-0.15, -0.1) is 5.10 Å². The molecule has 3 atom stereocenters. The number of hydrogen-bond acceptors (Lipinski definition) is 7. The molecule has 9 heteroatoms. The Kier molecular flexibility index (Phi) is 6.03. The molecule has 1 fully saturated rings. The van der Waals surface area contributed by atoms with Crippen LogP contribution in [0.4, 0.5) is 0 Å². The number of ether oxygens (including phenoxy) is 2. The molecule has 0 spiro atoms. The van der Waals surface area contributed by atoms with E-state index in [1.165, 1.54) is 0 Å². The molecule has 1 aromatic heterocycles. The Morgan fingerprint density at radius 1 is 1.25 bits per heavy atom. The topological polar surface area (TPSA) is 104 Å². The van der Waals surface area contributed by atoms with E-state index in [-0.39, 0.29) is 36.6 Å². The quantitative estimate of drug-likeness (QED) is 0.696. The van der Waals surface area contributed by atoms with Crippen LogP contribution in [0.2, 0.25) is 0 Å². The Balaban J connectivity index is 1.56. The molecule has 1 aromatic carbocycles. The summed E-state index contributed by atoms with van der Waals surface area (Å²) in [4.78, 5) is 38.7. The number of nitrogens with zero attached hydrogens (tertiary/aromatic N) is 4. The van der Waals surface area contributed by atoms with E-state index < -0.39 is 12.1 Å². The number of aromatic nitrogens is 3. The zero-order chi connectivity index (χ0) is 20.3. The van der Waals surface area contributed by atoms with Crippen LogP contribution in [0.3, 0.4) is 0 Å². The number of aryl methyl sites for hydroxylation is 1. The molecule has 150 valence electrons. The molecule has 3 rings (SSSR count). The first-order valence-electron chi connectivity index (χ1n) is 9.31. The predicted octanol–water partition coefficient (Wildman–Crippen LogP) is 0.749. The second kappa shape index (κ2) is 8.47. The molecule has 2 aromatic rings. The van der Waals surface area contributed by atoms with Crippen LogP contribution in [0.5, 0.6) is 0 Å². The molecule has 2 heterocycles. The van der Waals surface area contributed by atoms with Gasteiger partial charge < -0.3 is 14.4 Å². The van der Waals surface area contributed by atoms with E-state index in [0.717, 1.165) is 4.68 Å². The number of benzene rings is 1. The lowest BCUT2D eigenvalue weighted by Gasteiger charge is -2.36. The van der Waals surface area contributed by atoms with Crippen LogP contribution in [0.15, 0.2) is 29.1 Å². The van der Waals surface area contributed by atoms with Crippen LogP contribution in [0.25, 0.3) is 10.9 Å². The van der Waals surface area contributed by atoms with E-state index in [4.69, 9.17) is 9.47 Å². The summed E-state index contributed by atoms with van der Waals surface area (Å²) in [6.07, 6.45) is -1.10. The summed E-state index contributed by atoms with van der Waals surface area (Å²) in [7, 11) is 0. The largest absolute Gasteiger partial charge is 0.452 e. The molecule has 0 radical (unpaired) electrons. The Bertz CT molecular complexity index is 918. The fourth-order valence-electron chi connectivity index (χ4n) is 3.29. The summed E-state index contributed by atoms with van der Waals surface area (Å²) in [5.74, 6) is -0.824. The molecular formula is C19H24N4O5. The number of carbonyl (C=O) groups is 2. The molecule has 9 nitrogen and oxygen atoms in total. The van der Waals surface area contributed by atoms with E-state index in [1.807, 2.05) is 13.8 Å². The van der Waals surface area contributed by atoms with Crippen LogP contribution in [-0.4, -0.2) is 63.2 Å². The first-order chi connectivity index (χ1) is 13.3. The third-order valence-corrected chi connectivity index (χ3v) is 4.54. The lowest BCUT2D eigenvalue weighted by molar-refractivity contribution is -0.164. The summed E-state index contributed by atoms with van der Waals surface area (Å²) in [6, 6.07) is 6.87. The van der Waals surface area contributed by atoms with Gasteiger partial charge in [0.25, 0.3) is 11.5 Å². The van der Waals surface area contributed by atoms with Crippen LogP contribution >= 0.6 is 0 Å². The SMILES string of the molecule is CC1CN(C(=O)C(C)OC(=O)CCn2nnc3ccccc3c2=O)CC(C)O1. The van der Waals surface area contributed by atoms with E-state index in [9.17, 15) is 14.4 Å². The van der Waals surface area contributed by atoms with Gasteiger partial charge in [-0.1, -0.05) is 17.3 Å². The fourth-order valence-corrected chi connectivity index (χ4v) is 3.29. The third kappa shape index (κ3) is 4.53. The van der Waals surface area contributed by atoms with Crippen molar-refractivity contribution < 1.29 is 19.1 Å². The molecule has 0 aliphatic carbocycles. The smallest absolute Gasteiger partial charge is 0.308 e. The lowest BCUT2D eigenvalue weighted by atomic mass is 10.2. The maximum absolute atomic E-state index is 12.5. The molecule has 0 bridgehead atoms. The van der Waals surface area contributed by atoms with Crippen molar-refractivity contribution in [2.45, 2.75) is 52.0 Å². The minimum absolute atomic E-state index is 0.0298. The normalized spacial score (nSPS) is 20.8. The monoisotopic (exact) mass is 388 g/mol. The minimum Gasteiger partial charge on any atom is -0.452 e. The van der Waals surface area contributed by atoms with Crippen molar-refractivity contribution in [2.24, 2.45) is 0 Å². The highest BCUT2D eigenvalue weighted by Crippen LogP contribution is 2.13. The number of amides is 1. The zero-order valence-corrected chi connectivity index (χ0v) is 16.2. The van der Waals surface area contributed by atoms with Gasteiger partial charge in [0, 0.05) is 13.1 Å². The number of carbonyl (C=O) groups excluding carboxylic acids is 2. The summed E-state index contributed by atoms with van der Waals surface area (Å²) in [5.41, 5.74) is 0.179. The van der Waals surface area contributed by atoms with Gasteiger partial charge >= 0.3 is 5.97 Å². The first-order valence-corrected chi connectivity index (χ1v) is 9.31. The van der Waals surface area contributed by atoms with E-state index in [2.05, 4.69) is 10.3 Å². The minimum atomic E-state index is -0.899. The Labute approximate surface area is 162 Å². The van der Waals surface area contributed by atoms with Gasteiger partial charge in [-0.3, -0.25) is 14.4 Å². The van der Waals surface area contributed by atoms with E-state index in [1.54, 1.807) is 36.1 Å². The highest BCUT2D eigenvalue weighted by atomic mass is 16.5. The molecule has 1 amide bonds. The van der Waals surface area contributed by atoms with Gasteiger partial charge in [-0.05, 0) is 32.9 Å². The van der Waals surface area contributed by atoms with Crippen LogP contribution in [0.1, 0.15) is 27.2 Å².